The number of nitrogens with zero attached hydrogens (tertiary/aromatic N) is 1. The minimum Gasteiger partial charge on any atom is -0.484 e. The van der Waals surface area contributed by atoms with Crippen molar-refractivity contribution in [3.05, 3.63) is 84.4 Å². The highest BCUT2D eigenvalue weighted by Crippen LogP contribution is 2.21. The highest BCUT2D eigenvalue weighted by Gasteiger charge is 2.04. The van der Waals surface area contributed by atoms with Gasteiger partial charge in [-0.3, -0.25) is 4.79 Å². The van der Waals surface area contributed by atoms with Crippen LogP contribution in [-0.2, 0) is 4.79 Å². The van der Waals surface area contributed by atoms with Gasteiger partial charge in [-0.15, -0.1) is 0 Å². The molecule has 0 aliphatic rings. The van der Waals surface area contributed by atoms with Crippen molar-refractivity contribution in [2.75, 3.05) is 11.9 Å². The van der Waals surface area contributed by atoms with Crippen molar-refractivity contribution in [1.29, 1.82) is 5.26 Å². The molecule has 0 saturated heterocycles. The number of rotatable bonds is 5. The number of nitriles is 1. The molecule has 3 rings (SSSR count). The van der Waals surface area contributed by atoms with E-state index in [0.717, 1.165) is 11.1 Å². The van der Waals surface area contributed by atoms with E-state index in [-0.39, 0.29) is 12.5 Å². The number of hydrogen-bond donors (Lipinski definition) is 1. The topological polar surface area (TPSA) is 62.1 Å². The molecule has 1 N–H and O–H groups in total. The van der Waals surface area contributed by atoms with Gasteiger partial charge in [0.05, 0.1) is 11.6 Å². The quantitative estimate of drug-likeness (QED) is 0.762. The maximum Gasteiger partial charge on any atom is 0.262 e. The van der Waals surface area contributed by atoms with E-state index in [2.05, 4.69) is 5.32 Å². The Morgan fingerprint density at radius 3 is 2.16 bits per heavy atom. The van der Waals surface area contributed by atoms with E-state index in [0.29, 0.717) is 17.0 Å². The van der Waals surface area contributed by atoms with Crippen LogP contribution in [0.5, 0.6) is 5.75 Å². The second-order valence-corrected chi connectivity index (χ2v) is 5.42. The Labute approximate surface area is 146 Å². The summed E-state index contributed by atoms with van der Waals surface area (Å²) in [5.74, 6) is 0.311. The molecule has 3 aromatic rings. The molecule has 4 heteroatoms. The van der Waals surface area contributed by atoms with Crippen LogP contribution in [0.1, 0.15) is 5.56 Å². The highest BCUT2D eigenvalue weighted by atomic mass is 16.5. The summed E-state index contributed by atoms with van der Waals surface area (Å²) in [6.45, 7) is -0.0909. The third kappa shape index (κ3) is 4.46. The Kier molecular flexibility index (Phi) is 5.08. The van der Waals surface area contributed by atoms with E-state index in [1.807, 2.05) is 60.7 Å². The van der Waals surface area contributed by atoms with Crippen molar-refractivity contribution in [1.82, 2.24) is 0 Å². The van der Waals surface area contributed by atoms with Gasteiger partial charge in [-0.25, -0.2) is 0 Å². The van der Waals surface area contributed by atoms with Gasteiger partial charge >= 0.3 is 0 Å². The van der Waals surface area contributed by atoms with E-state index in [9.17, 15) is 4.79 Å². The Morgan fingerprint density at radius 2 is 1.52 bits per heavy atom. The number of ether oxygens (including phenoxy) is 1. The molecule has 0 fully saturated rings. The van der Waals surface area contributed by atoms with Crippen molar-refractivity contribution >= 4 is 11.6 Å². The van der Waals surface area contributed by atoms with E-state index >= 15 is 0 Å². The SMILES string of the molecule is N#Cc1ccc(OCC(=O)Nc2ccc(-c3ccccc3)cc2)cc1. The van der Waals surface area contributed by atoms with Crippen LogP contribution in [0.15, 0.2) is 78.9 Å². The van der Waals surface area contributed by atoms with Gasteiger partial charge < -0.3 is 10.1 Å². The lowest BCUT2D eigenvalue weighted by Crippen LogP contribution is -2.20. The van der Waals surface area contributed by atoms with Crippen molar-refractivity contribution in [2.24, 2.45) is 0 Å². The molecule has 1 amide bonds. The van der Waals surface area contributed by atoms with Gasteiger partial charge in [-0.05, 0) is 47.5 Å². The zero-order valence-electron chi connectivity index (χ0n) is 13.5. The molecule has 0 aromatic heterocycles. The van der Waals surface area contributed by atoms with Crippen LogP contribution in [0.4, 0.5) is 5.69 Å². The summed E-state index contributed by atoms with van der Waals surface area (Å²) in [6.07, 6.45) is 0. The highest BCUT2D eigenvalue weighted by molar-refractivity contribution is 5.92. The summed E-state index contributed by atoms with van der Waals surface area (Å²) < 4.78 is 5.41. The summed E-state index contributed by atoms with van der Waals surface area (Å²) in [5, 5.41) is 11.5. The maximum atomic E-state index is 12.0. The van der Waals surface area contributed by atoms with Crippen LogP contribution in [0, 0.1) is 11.3 Å². The predicted molar refractivity (Wildman–Crippen MR) is 97.2 cm³/mol. The van der Waals surface area contributed by atoms with E-state index < -0.39 is 0 Å². The van der Waals surface area contributed by atoms with Gasteiger partial charge in [-0.1, -0.05) is 42.5 Å². The monoisotopic (exact) mass is 328 g/mol. The van der Waals surface area contributed by atoms with E-state index in [1.54, 1.807) is 24.3 Å². The average molecular weight is 328 g/mol. The van der Waals surface area contributed by atoms with Crippen molar-refractivity contribution in [3.63, 3.8) is 0 Å². The van der Waals surface area contributed by atoms with Gasteiger partial charge in [0.2, 0.25) is 0 Å². The number of nitrogens with one attached hydrogen (secondary N) is 1. The molecule has 3 aromatic carbocycles. The molecule has 0 bridgehead atoms. The standard InChI is InChI=1S/C21H16N2O2/c22-14-16-6-12-20(13-7-16)25-15-21(24)23-19-10-8-18(9-11-19)17-4-2-1-3-5-17/h1-13H,15H2,(H,23,24). The van der Waals surface area contributed by atoms with E-state index in [4.69, 9.17) is 10.00 Å². The van der Waals surface area contributed by atoms with Gasteiger partial charge in [0, 0.05) is 5.69 Å². The maximum absolute atomic E-state index is 12.0. The average Bonchev–Trinajstić information content (AvgIpc) is 2.68. The predicted octanol–water partition coefficient (Wildman–Crippen LogP) is 4.24. The molecule has 0 aliphatic carbocycles. The Hall–Kier alpha value is -3.58. The lowest BCUT2D eigenvalue weighted by Gasteiger charge is -2.08. The first-order valence-electron chi connectivity index (χ1n) is 7.83. The summed E-state index contributed by atoms with van der Waals surface area (Å²) in [6, 6.07) is 26.4. The van der Waals surface area contributed by atoms with Crippen molar-refractivity contribution < 1.29 is 9.53 Å². The molecule has 0 aliphatic heterocycles. The largest absolute Gasteiger partial charge is 0.484 e. The number of amides is 1. The van der Waals surface area contributed by atoms with Gasteiger partial charge in [0.25, 0.3) is 5.91 Å². The molecule has 0 atom stereocenters. The Morgan fingerprint density at radius 1 is 0.880 bits per heavy atom. The number of benzene rings is 3. The first kappa shape index (κ1) is 16.3. The fourth-order valence-electron chi connectivity index (χ4n) is 2.35. The molecular formula is C21H16N2O2. The zero-order chi connectivity index (χ0) is 17.5. The summed E-state index contributed by atoms with van der Waals surface area (Å²) in [5.41, 5.74) is 3.49. The third-order valence-corrected chi connectivity index (χ3v) is 3.63. The Balaban J connectivity index is 1.55. The molecule has 0 radical (unpaired) electrons. The minimum atomic E-state index is -0.239. The van der Waals surface area contributed by atoms with Gasteiger partial charge in [0.15, 0.2) is 6.61 Å². The third-order valence-electron chi connectivity index (χ3n) is 3.63. The summed E-state index contributed by atoms with van der Waals surface area (Å²) >= 11 is 0. The van der Waals surface area contributed by atoms with Gasteiger partial charge in [0.1, 0.15) is 5.75 Å². The van der Waals surface area contributed by atoms with Crippen LogP contribution in [0.3, 0.4) is 0 Å². The summed E-state index contributed by atoms with van der Waals surface area (Å²) in [7, 11) is 0. The summed E-state index contributed by atoms with van der Waals surface area (Å²) in [4.78, 5) is 12.0. The van der Waals surface area contributed by atoms with Crippen LogP contribution in [0.25, 0.3) is 11.1 Å². The van der Waals surface area contributed by atoms with Gasteiger partial charge in [-0.2, -0.15) is 5.26 Å². The second kappa shape index (κ2) is 7.80. The number of carbonyl (C=O) groups excluding carboxylic acids is 1. The van der Waals surface area contributed by atoms with E-state index in [1.165, 1.54) is 0 Å². The molecule has 0 spiro atoms. The second-order valence-electron chi connectivity index (χ2n) is 5.42. The molecule has 4 nitrogen and oxygen atoms in total. The number of hydrogen-bond acceptors (Lipinski definition) is 3. The fourth-order valence-corrected chi connectivity index (χ4v) is 2.35. The zero-order valence-corrected chi connectivity index (χ0v) is 13.5. The minimum absolute atomic E-state index is 0.0909. The Bertz CT molecular complexity index is 880. The molecule has 25 heavy (non-hydrogen) atoms. The van der Waals surface area contributed by atoms with Crippen LogP contribution >= 0.6 is 0 Å². The van der Waals surface area contributed by atoms with Crippen LogP contribution in [0.2, 0.25) is 0 Å². The lowest BCUT2D eigenvalue weighted by atomic mass is 10.1. The molecular weight excluding hydrogens is 312 g/mol. The van der Waals surface area contributed by atoms with Crippen LogP contribution < -0.4 is 10.1 Å². The molecule has 0 heterocycles. The molecule has 0 saturated carbocycles. The smallest absolute Gasteiger partial charge is 0.262 e. The van der Waals surface area contributed by atoms with Crippen LogP contribution in [-0.4, -0.2) is 12.5 Å². The molecule has 122 valence electrons. The normalized spacial score (nSPS) is 9.88. The number of anilines is 1. The molecule has 0 unspecified atom stereocenters. The van der Waals surface area contributed by atoms with Crippen molar-refractivity contribution in [3.8, 4) is 22.9 Å². The van der Waals surface area contributed by atoms with Crippen molar-refractivity contribution in [2.45, 2.75) is 0 Å². The first-order chi connectivity index (χ1) is 12.2. The number of carbonyl (C=O) groups is 1. The first-order valence-corrected chi connectivity index (χ1v) is 7.83. The lowest BCUT2D eigenvalue weighted by molar-refractivity contribution is -0.118. The fraction of sp³-hybridized carbons (Fsp3) is 0.0476.